The first-order chi connectivity index (χ1) is 15.9. The van der Waals surface area contributed by atoms with E-state index in [9.17, 15) is 14.7 Å². The van der Waals surface area contributed by atoms with Gasteiger partial charge in [-0.2, -0.15) is 0 Å². The van der Waals surface area contributed by atoms with E-state index < -0.39 is 23.5 Å². The maximum Gasteiger partial charge on any atom is 0.295 e. The number of pyridine rings is 1. The Hall–Kier alpha value is -4.13. The molecule has 4 rings (SSSR count). The van der Waals surface area contributed by atoms with Gasteiger partial charge in [0, 0.05) is 28.8 Å². The molecule has 7 nitrogen and oxygen atoms in total. The molecule has 0 aliphatic carbocycles. The maximum absolute atomic E-state index is 13.5. The van der Waals surface area contributed by atoms with Crippen LogP contribution >= 0.6 is 0 Å². The lowest BCUT2D eigenvalue weighted by atomic mass is 9.94. The van der Waals surface area contributed by atoms with Gasteiger partial charge in [0.1, 0.15) is 11.5 Å². The fraction of sp³-hybridized carbons (Fsp3) is 0.192. The number of H-pyrrole nitrogens is 1. The van der Waals surface area contributed by atoms with Crippen molar-refractivity contribution in [1.82, 2.24) is 4.90 Å². The number of carbonyl (C=O) groups is 2. The van der Waals surface area contributed by atoms with E-state index in [4.69, 9.17) is 9.47 Å². The quantitative estimate of drug-likeness (QED) is 0.330. The van der Waals surface area contributed by atoms with E-state index in [1.54, 1.807) is 54.9 Å². The van der Waals surface area contributed by atoms with Crippen LogP contribution in [0.5, 0.6) is 11.5 Å². The summed E-state index contributed by atoms with van der Waals surface area (Å²) in [7, 11) is 3.03. The van der Waals surface area contributed by atoms with Crippen LogP contribution in [-0.4, -0.2) is 30.8 Å². The lowest BCUT2D eigenvalue weighted by Crippen LogP contribution is -2.29. The zero-order valence-corrected chi connectivity index (χ0v) is 18.6. The molecular weight excluding hydrogens is 420 g/mol. The normalized spacial score (nSPS) is 17.3. The monoisotopic (exact) mass is 444 g/mol. The maximum atomic E-state index is 13.5. The Balaban J connectivity index is 1.91. The Bertz CT molecular complexity index is 1220. The van der Waals surface area contributed by atoms with Crippen LogP contribution in [0.25, 0.3) is 5.76 Å². The second-order valence-corrected chi connectivity index (χ2v) is 7.79. The summed E-state index contributed by atoms with van der Waals surface area (Å²) in [6.07, 6.45) is 3.50. The first-order valence-electron chi connectivity index (χ1n) is 10.4. The van der Waals surface area contributed by atoms with E-state index in [-0.39, 0.29) is 12.1 Å². The minimum absolute atomic E-state index is 0.0905. The molecule has 1 atom stereocenters. The summed E-state index contributed by atoms with van der Waals surface area (Å²) in [6.45, 7) is 2.06. The SMILES string of the molecule is COc1ccc(C2C(=C([O-])c3ccc(C)cc3)C(=O)C(=O)N2Cc2ccc[nH+]c2)c(OC)c1. The van der Waals surface area contributed by atoms with Crippen molar-refractivity contribution in [3.63, 3.8) is 0 Å². The Morgan fingerprint density at radius 2 is 1.82 bits per heavy atom. The molecule has 3 aromatic rings. The third-order valence-electron chi connectivity index (χ3n) is 5.70. The molecule has 0 bridgehead atoms. The van der Waals surface area contributed by atoms with E-state index >= 15 is 0 Å². The molecule has 2 aromatic carbocycles. The number of amides is 1. The second kappa shape index (κ2) is 9.16. The van der Waals surface area contributed by atoms with Gasteiger partial charge in [-0.15, -0.1) is 0 Å². The Kier molecular flexibility index (Phi) is 6.13. The van der Waals surface area contributed by atoms with Crippen molar-refractivity contribution in [2.75, 3.05) is 14.2 Å². The number of nitrogens with one attached hydrogen (secondary N) is 1. The third-order valence-corrected chi connectivity index (χ3v) is 5.70. The summed E-state index contributed by atoms with van der Waals surface area (Å²) in [5.74, 6) is -1.03. The van der Waals surface area contributed by atoms with Crippen LogP contribution in [-0.2, 0) is 16.1 Å². The Morgan fingerprint density at radius 3 is 2.45 bits per heavy atom. The largest absolute Gasteiger partial charge is 0.872 e. The summed E-state index contributed by atoms with van der Waals surface area (Å²) >= 11 is 0. The molecule has 1 amide bonds. The molecular formula is C26H24N2O5. The molecule has 168 valence electrons. The number of carbonyl (C=O) groups excluding carboxylic acids is 2. The molecule has 1 saturated heterocycles. The number of nitrogens with zero attached hydrogens (tertiary/aromatic N) is 1. The van der Waals surface area contributed by atoms with Gasteiger partial charge in [0.15, 0.2) is 12.4 Å². The number of likely N-dealkylation sites (tertiary alicyclic amines) is 1. The van der Waals surface area contributed by atoms with Crippen LogP contribution in [0.1, 0.15) is 28.3 Å². The highest BCUT2D eigenvalue weighted by molar-refractivity contribution is 6.46. The Morgan fingerprint density at radius 1 is 1.06 bits per heavy atom. The van der Waals surface area contributed by atoms with Crippen molar-refractivity contribution in [1.29, 1.82) is 0 Å². The molecule has 7 heteroatoms. The summed E-state index contributed by atoms with van der Waals surface area (Å²) in [4.78, 5) is 30.7. The number of Topliss-reactive ketones (excluding diaryl/α,β-unsaturated/α-hetero) is 1. The minimum Gasteiger partial charge on any atom is -0.872 e. The minimum atomic E-state index is -0.903. The number of rotatable bonds is 6. The molecule has 1 unspecified atom stereocenters. The number of hydrogen-bond acceptors (Lipinski definition) is 5. The third kappa shape index (κ3) is 4.17. The van der Waals surface area contributed by atoms with E-state index in [1.807, 2.05) is 19.1 Å². The number of ketones is 1. The highest BCUT2D eigenvalue weighted by atomic mass is 16.5. The fourth-order valence-electron chi connectivity index (χ4n) is 3.99. The smallest absolute Gasteiger partial charge is 0.295 e. The van der Waals surface area contributed by atoms with Gasteiger partial charge in [-0.3, -0.25) is 9.59 Å². The van der Waals surface area contributed by atoms with Gasteiger partial charge >= 0.3 is 0 Å². The number of methoxy groups -OCH3 is 2. The fourth-order valence-corrected chi connectivity index (χ4v) is 3.99. The van der Waals surface area contributed by atoms with E-state index in [0.717, 1.165) is 11.1 Å². The summed E-state index contributed by atoms with van der Waals surface area (Å²) < 4.78 is 10.8. The average molecular weight is 444 g/mol. The molecule has 1 fully saturated rings. The number of aromatic amines is 1. The lowest BCUT2D eigenvalue weighted by Gasteiger charge is -2.28. The molecule has 0 saturated carbocycles. The van der Waals surface area contributed by atoms with E-state index in [0.29, 0.717) is 22.6 Å². The lowest BCUT2D eigenvalue weighted by molar-refractivity contribution is -0.378. The van der Waals surface area contributed by atoms with Crippen molar-refractivity contribution < 1.29 is 29.2 Å². The van der Waals surface area contributed by atoms with Crippen molar-refractivity contribution in [3.8, 4) is 11.5 Å². The number of aromatic nitrogens is 1. The topological polar surface area (TPSA) is 93.0 Å². The Labute approximate surface area is 191 Å². The summed E-state index contributed by atoms with van der Waals surface area (Å²) in [6, 6.07) is 14.8. The van der Waals surface area contributed by atoms with Gasteiger partial charge < -0.3 is 19.5 Å². The van der Waals surface area contributed by atoms with Gasteiger partial charge in [0.05, 0.1) is 26.8 Å². The van der Waals surface area contributed by atoms with Crippen LogP contribution in [0.4, 0.5) is 0 Å². The molecule has 1 aliphatic heterocycles. The average Bonchev–Trinajstić information content (AvgIpc) is 3.09. The van der Waals surface area contributed by atoms with E-state index in [1.165, 1.54) is 19.1 Å². The van der Waals surface area contributed by atoms with Gasteiger partial charge in [-0.25, -0.2) is 4.98 Å². The van der Waals surface area contributed by atoms with Crippen molar-refractivity contribution in [2.45, 2.75) is 19.5 Å². The molecule has 2 heterocycles. The number of hydrogen-bond donors (Lipinski definition) is 0. The van der Waals surface area contributed by atoms with E-state index in [2.05, 4.69) is 4.98 Å². The molecule has 33 heavy (non-hydrogen) atoms. The predicted octanol–water partition coefficient (Wildman–Crippen LogP) is 2.25. The molecule has 1 aromatic heterocycles. The second-order valence-electron chi connectivity index (χ2n) is 7.79. The number of ether oxygens (including phenoxy) is 2. The zero-order valence-electron chi connectivity index (χ0n) is 18.6. The predicted molar refractivity (Wildman–Crippen MR) is 119 cm³/mol. The molecule has 1 aliphatic rings. The number of benzene rings is 2. The highest BCUT2D eigenvalue weighted by Gasteiger charge is 2.45. The first kappa shape index (κ1) is 22.1. The van der Waals surface area contributed by atoms with Gasteiger partial charge in [0.2, 0.25) is 5.78 Å². The summed E-state index contributed by atoms with van der Waals surface area (Å²) in [5, 5.41) is 13.5. The van der Waals surface area contributed by atoms with Crippen LogP contribution < -0.4 is 19.6 Å². The van der Waals surface area contributed by atoms with Gasteiger partial charge in [-0.05, 0) is 30.7 Å². The first-order valence-corrected chi connectivity index (χ1v) is 10.4. The molecule has 0 spiro atoms. The van der Waals surface area contributed by atoms with Crippen LogP contribution in [0.2, 0.25) is 0 Å². The van der Waals surface area contributed by atoms with Crippen LogP contribution in [0, 0.1) is 6.92 Å². The van der Waals surface area contributed by atoms with Gasteiger partial charge in [0.25, 0.3) is 5.91 Å². The van der Waals surface area contributed by atoms with Crippen LogP contribution in [0.15, 0.2) is 72.6 Å². The van der Waals surface area contributed by atoms with Crippen molar-refractivity contribution >= 4 is 17.4 Å². The van der Waals surface area contributed by atoms with Gasteiger partial charge in [-0.1, -0.05) is 35.6 Å². The van der Waals surface area contributed by atoms with Crippen molar-refractivity contribution in [2.24, 2.45) is 0 Å². The van der Waals surface area contributed by atoms with Crippen LogP contribution in [0.3, 0.4) is 0 Å². The zero-order chi connectivity index (χ0) is 23.5. The molecule has 0 radical (unpaired) electrons. The highest BCUT2D eigenvalue weighted by Crippen LogP contribution is 2.43. The number of aryl methyl sites for hydroxylation is 1. The summed E-state index contributed by atoms with van der Waals surface area (Å²) in [5.41, 5.74) is 2.57. The standard InChI is InChI=1S/C26H24N2O5/c1-16-6-8-18(9-7-16)24(29)22-23(20-11-10-19(32-2)13-21(20)33-3)28(26(31)25(22)30)15-17-5-4-12-27-14-17/h4-14,23,29H,15H2,1-3H3. The molecule has 1 N–H and O–H groups in total. The van der Waals surface area contributed by atoms with Crippen molar-refractivity contribution in [3.05, 3.63) is 94.8 Å².